The molecule has 1 saturated heterocycles. The maximum Gasteiger partial charge on any atom is 0.410 e. The molecule has 2 heterocycles. The lowest BCUT2D eigenvalue weighted by Gasteiger charge is -2.49. The molecule has 0 atom stereocenters. The van der Waals surface area contributed by atoms with Crippen molar-refractivity contribution >= 4 is 34.7 Å². The topological polar surface area (TPSA) is 84.7 Å². The Morgan fingerprint density at radius 1 is 1.48 bits per heavy atom. The van der Waals surface area contributed by atoms with Gasteiger partial charge in [0.2, 0.25) is 0 Å². The fourth-order valence-corrected chi connectivity index (χ4v) is 2.70. The molecule has 8 heteroatoms. The van der Waals surface area contributed by atoms with Crippen LogP contribution in [-0.2, 0) is 15.1 Å². The van der Waals surface area contributed by atoms with Gasteiger partial charge in [-0.25, -0.2) is 4.79 Å². The summed E-state index contributed by atoms with van der Waals surface area (Å²) in [4.78, 5) is 24.6. The lowest BCUT2D eigenvalue weighted by Crippen LogP contribution is -2.65. The van der Waals surface area contributed by atoms with E-state index in [-0.39, 0.29) is 19.5 Å². The quantitative estimate of drug-likeness (QED) is 0.774. The number of ether oxygens (including phenoxy) is 1. The van der Waals surface area contributed by atoms with E-state index in [0.717, 1.165) is 3.70 Å². The van der Waals surface area contributed by atoms with Crippen LogP contribution >= 0.6 is 22.6 Å². The summed E-state index contributed by atoms with van der Waals surface area (Å²) in [5.74, 6) is -0.913. The van der Waals surface area contributed by atoms with E-state index >= 15 is 0 Å². The molecule has 1 aromatic heterocycles. The van der Waals surface area contributed by atoms with Crippen molar-refractivity contribution < 1.29 is 19.4 Å². The van der Waals surface area contributed by atoms with Crippen LogP contribution in [0.5, 0.6) is 0 Å². The van der Waals surface area contributed by atoms with Crippen LogP contribution in [-0.4, -0.2) is 50.5 Å². The molecule has 1 N–H and O–H groups in total. The number of hydrogen-bond donors (Lipinski definition) is 1. The van der Waals surface area contributed by atoms with Crippen molar-refractivity contribution in [3.8, 4) is 0 Å². The summed E-state index contributed by atoms with van der Waals surface area (Å²) in [5, 5.41) is 13.4. The molecule has 0 spiro atoms. The van der Waals surface area contributed by atoms with Gasteiger partial charge in [0.15, 0.2) is 0 Å². The number of hydrogen-bond acceptors (Lipinski definition) is 4. The molecule has 1 aliphatic rings. The van der Waals surface area contributed by atoms with Crippen LogP contribution in [0.3, 0.4) is 0 Å². The Kier molecular flexibility index (Phi) is 4.18. The van der Waals surface area contributed by atoms with Crippen molar-refractivity contribution in [2.75, 3.05) is 13.1 Å². The van der Waals surface area contributed by atoms with E-state index in [0.29, 0.717) is 0 Å². The van der Waals surface area contributed by atoms with Crippen LogP contribution in [0.2, 0.25) is 0 Å². The number of halogens is 1. The number of rotatable bonds is 3. The second-order valence-electron chi connectivity index (χ2n) is 6.21. The summed E-state index contributed by atoms with van der Waals surface area (Å²) >= 11 is 2.07. The minimum Gasteiger partial charge on any atom is -0.481 e. The van der Waals surface area contributed by atoms with Crippen molar-refractivity contribution in [1.29, 1.82) is 0 Å². The highest BCUT2D eigenvalue weighted by Gasteiger charge is 2.50. The molecule has 116 valence electrons. The van der Waals surface area contributed by atoms with Gasteiger partial charge in [0.1, 0.15) is 14.8 Å². The van der Waals surface area contributed by atoms with Crippen LogP contribution in [0.25, 0.3) is 0 Å². The molecule has 0 aromatic carbocycles. The minimum atomic E-state index is -0.913. The Labute approximate surface area is 136 Å². The first-order chi connectivity index (χ1) is 9.61. The summed E-state index contributed by atoms with van der Waals surface area (Å²) in [6.45, 7) is 5.96. The third-order valence-electron chi connectivity index (χ3n) is 3.14. The van der Waals surface area contributed by atoms with Gasteiger partial charge in [-0.05, 0) is 49.4 Å². The first-order valence-corrected chi connectivity index (χ1v) is 7.61. The SMILES string of the molecule is CC(C)(C)OC(=O)N1CC(CC(=O)O)(n2ccc(I)n2)C1. The molecule has 0 bridgehead atoms. The Hall–Kier alpha value is -1.32. The number of carbonyl (C=O) groups excluding carboxylic acids is 1. The summed E-state index contributed by atoms with van der Waals surface area (Å²) in [6.07, 6.45) is 1.24. The van der Waals surface area contributed by atoms with E-state index in [4.69, 9.17) is 9.84 Å². The summed E-state index contributed by atoms with van der Waals surface area (Å²) in [6, 6.07) is 1.81. The van der Waals surface area contributed by atoms with E-state index in [9.17, 15) is 9.59 Å². The third kappa shape index (κ3) is 3.66. The van der Waals surface area contributed by atoms with Crippen LogP contribution in [0.1, 0.15) is 27.2 Å². The highest BCUT2D eigenvalue weighted by atomic mass is 127. The summed E-state index contributed by atoms with van der Waals surface area (Å²) < 4.78 is 7.72. The first kappa shape index (κ1) is 16.1. The predicted molar refractivity (Wildman–Crippen MR) is 83.0 cm³/mol. The summed E-state index contributed by atoms with van der Waals surface area (Å²) in [5.41, 5.74) is -1.25. The van der Waals surface area contributed by atoms with Crippen molar-refractivity contribution in [3.05, 3.63) is 16.0 Å². The second kappa shape index (κ2) is 5.47. The number of carboxylic acids is 1. The number of carboxylic acid groups (broad SMARTS) is 1. The number of aromatic nitrogens is 2. The number of carbonyl (C=O) groups is 2. The monoisotopic (exact) mass is 407 g/mol. The number of aliphatic carboxylic acids is 1. The smallest absolute Gasteiger partial charge is 0.410 e. The van der Waals surface area contributed by atoms with Gasteiger partial charge in [0, 0.05) is 6.20 Å². The Morgan fingerprint density at radius 3 is 2.52 bits per heavy atom. The molecule has 21 heavy (non-hydrogen) atoms. The minimum absolute atomic E-state index is 0.0793. The molecular weight excluding hydrogens is 389 g/mol. The normalized spacial score (nSPS) is 17.2. The zero-order valence-corrected chi connectivity index (χ0v) is 14.3. The van der Waals surface area contributed by atoms with E-state index in [1.165, 1.54) is 4.90 Å². The van der Waals surface area contributed by atoms with Gasteiger partial charge in [0.05, 0.1) is 19.5 Å². The lowest BCUT2D eigenvalue weighted by molar-refractivity contribution is -0.143. The Balaban J connectivity index is 2.10. The van der Waals surface area contributed by atoms with Gasteiger partial charge in [-0.15, -0.1) is 0 Å². The molecular formula is C13H18IN3O4. The maximum absolute atomic E-state index is 12.0. The number of likely N-dealkylation sites (tertiary alicyclic amines) is 1. The molecule has 0 unspecified atom stereocenters. The van der Waals surface area contributed by atoms with Gasteiger partial charge in [-0.3, -0.25) is 9.48 Å². The van der Waals surface area contributed by atoms with E-state index < -0.39 is 23.2 Å². The molecule has 1 fully saturated rings. The zero-order chi connectivity index (χ0) is 15.8. The van der Waals surface area contributed by atoms with Gasteiger partial charge < -0.3 is 14.7 Å². The van der Waals surface area contributed by atoms with Crippen LogP contribution in [0, 0.1) is 3.70 Å². The van der Waals surface area contributed by atoms with Crippen molar-refractivity contribution in [1.82, 2.24) is 14.7 Å². The van der Waals surface area contributed by atoms with Crippen LogP contribution in [0.15, 0.2) is 12.3 Å². The second-order valence-corrected chi connectivity index (χ2v) is 7.32. The fraction of sp³-hybridized carbons (Fsp3) is 0.615. The van der Waals surface area contributed by atoms with Crippen molar-refractivity contribution in [2.45, 2.75) is 38.3 Å². The molecule has 1 aliphatic heterocycles. The Bertz CT molecular complexity index is 558. The van der Waals surface area contributed by atoms with Crippen LogP contribution < -0.4 is 0 Å². The average molecular weight is 407 g/mol. The maximum atomic E-state index is 12.0. The van der Waals surface area contributed by atoms with E-state index in [2.05, 4.69) is 27.7 Å². The molecule has 1 aromatic rings. The largest absolute Gasteiger partial charge is 0.481 e. The number of nitrogens with zero attached hydrogens (tertiary/aromatic N) is 3. The lowest BCUT2D eigenvalue weighted by atomic mass is 9.86. The first-order valence-electron chi connectivity index (χ1n) is 6.53. The van der Waals surface area contributed by atoms with E-state index in [1.807, 2.05) is 0 Å². The average Bonchev–Trinajstić information content (AvgIpc) is 2.66. The standard InChI is InChI=1S/C13H18IN3O4/c1-12(2,3)21-11(20)16-7-13(8-16,6-10(18)19)17-5-4-9(14)15-17/h4-5H,6-8H2,1-3H3,(H,18,19). The number of amides is 1. The summed E-state index contributed by atoms with van der Waals surface area (Å²) in [7, 11) is 0. The van der Waals surface area contributed by atoms with Gasteiger partial charge in [-0.1, -0.05) is 0 Å². The van der Waals surface area contributed by atoms with Gasteiger partial charge in [-0.2, -0.15) is 5.10 Å². The van der Waals surface area contributed by atoms with Gasteiger partial charge in [0.25, 0.3) is 0 Å². The molecule has 0 aliphatic carbocycles. The molecule has 0 radical (unpaired) electrons. The molecule has 0 saturated carbocycles. The highest BCUT2D eigenvalue weighted by Crippen LogP contribution is 2.33. The third-order valence-corrected chi connectivity index (χ3v) is 3.72. The zero-order valence-electron chi connectivity index (χ0n) is 12.2. The molecule has 2 rings (SSSR count). The van der Waals surface area contributed by atoms with Gasteiger partial charge >= 0.3 is 12.1 Å². The van der Waals surface area contributed by atoms with Crippen molar-refractivity contribution in [2.24, 2.45) is 0 Å². The van der Waals surface area contributed by atoms with Crippen molar-refractivity contribution in [3.63, 3.8) is 0 Å². The highest BCUT2D eigenvalue weighted by molar-refractivity contribution is 14.1. The predicted octanol–water partition coefficient (Wildman–Crippen LogP) is 1.91. The molecule has 1 amide bonds. The van der Waals surface area contributed by atoms with E-state index in [1.54, 1.807) is 37.7 Å². The fourth-order valence-electron chi connectivity index (χ4n) is 2.30. The van der Waals surface area contributed by atoms with Crippen LogP contribution in [0.4, 0.5) is 4.79 Å². The molecule has 7 nitrogen and oxygen atoms in total. The Morgan fingerprint density at radius 2 is 2.10 bits per heavy atom.